The Morgan fingerprint density at radius 2 is 2.00 bits per heavy atom. The summed E-state index contributed by atoms with van der Waals surface area (Å²) in [5.74, 6) is -4.50. The van der Waals surface area contributed by atoms with E-state index in [9.17, 15) is 27.6 Å². The summed E-state index contributed by atoms with van der Waals surface area (Å²) in [6.45, 7) is 1.19. The van der Waals surface area contributed by atoms with E-state index in [0.29, 0.717) is 0 Å². The normalized spacial score (nSPS) is 25.4. The third-order valence-electron chi connectivity index (χ3n) is 2.82. The fraction of sp³-hybridized carbons (Fsp3) is 0.700. The van der Waals surface area contributed by atoms with Crippen LogP contribution >= 0.6 is 0 Å². The SMILES string of the molecule is C[C@H](NC(=O)[C@@H]1CC[C@H](C(F)(F)F)NC1=O)C(=O)O. The minimum Gasteiger partial charge on any atom is -0.480 e. The average Bonchev–Trinajstić information content (AvgIpc) is 2.27. The molecule has 1 heterocycles. The molecule has 0 saturated carbocycles. The molecular weight excluding hydrogens is 269 g/mol. The lowest BCUT2D eigenvalue weighted by Gasteiger charge is -2.30. The fourth-order valence-corrected chi connectivity index (χ4v) is 1.68. The quantitative estimate of drug-likeness (QED) is 0.636. The molecule has 2 amide bonds. The van der Waals surface area contributed by atoms with E-state index in [2.05, 4.69) is 5.32 Å². The van der Waals surface area contributed by atoms with E-state index >= 15 is 0 Å². The molecule has 6 nitrogen and oxygen atoms in total. The summed E-state index contributed by atoms with van der Waals surface area (Å²) >= 11 is 0. The fourth-order valence-electron chi connectivity index (χ4n) is 1.68. The summed E-state index contributed by atoms with van der Waals surface area (Å²) in [4.78, 5) is 33.5. The molecule has 1 saturated heterocycles. The molecule has 0 spiro atoms. The Kier molecular flexibility index (Phi) is 4.38. The van der Waals surface area contributed by atoms with Crippen LogP contribution in [0, 0.1) is 5.92 Å². The summed E-state index contributed by atoms with van der Waals surface area (Å²) in [6.07, 6.45) is -5.23. The van der Waals surface area contributed by atoms with Crippen LogP contribution in [0.15, 0.2) is 0 Å². The van der Waals surface area contributed by atoms with Crippen LogP contribution in [0.3, 0.4) is 0 Å². The monoisotopic (exact) mass is 282 g/mol. The first-order valence-corrected chi connectivity index (χ1v) is 5.53. The Morgan fingerprint density at radius 3 is 2.42 bits per heavy atom. The van der Waals surface area contributed by atoms with E-state index in [4.69, 9.17) is 5.11 Å². The summed E-state index contributed by atoms with van der Waals surface area (Å²) in [5.41, 5.74) is 0. The molecule has 0 aromatic carbocycles. The maximum absolute atomic E-state index is 12.4. The van der Waals surface area contributed by atoms with Gasteiger partial charge in [-0.3, -0.25) is 14.4 Å². The van der Waals surface area contributed by atoms with Crippen LogP contribution in [0.5, 0.6) is 0 Å². The number of carboxylic acids is 1. The van der Waals surface area contributed by atoms with E-state index in [1.165, 1.54) is 6.92 Å². The third-order valence-corrected chi connectivity index (χ3v) is 2.82. The number of carbonyl (C=O) groups is 3. The van der Waals surface area contributed by atoms with Gasteiger partial charge in [0.2, 0.25) is 11.8 Å². The molecule has 3 N–H and O–H groups in total. The van der Waals surface area contributed by atoms with Crippen molar-refractivity contribution >= 4 is 17.8 Å². The van der Waals surface area contributed by atoms with Crippen LogP contribution < -0.4 is 10.6 Å². The van der Waals surface area contributed by atoms with E-state index < -0.39 is 48.4 Å². The Bertz CT molecular complexity index is 397. The summed E-state index contributed by atoms with van der Waals surface area (Å²) in [5, 5.41) is 12.3. The predicted octanol–water partition coefficient (Wildman–Crippen LogP) is 0.0328. The smallest absolute Gasteiger partial charge is 0.408 e. The first-order valence-electron chi connectivity index (χ1n) is 5.53. The maximum atomic E-state index is 12.4. The second-order valence-electron chi connectivity index (χ2n) is 4.30. The van der Waals surface area contributed by atoms with Gasteiger partial charge in [-0.25, -0.2) is 0 Å². The summed E-state index contributed by atoms with van der Waals surface area (Å²) in [6, 6.07) is -3.17. The molecule has 1 fully saturated rings. The number of amides is 2. The van der Waals surface area contributed by atoms with Gasteiger partial charge in [0.25, 0.3) is 0 Å². The number of carboxylic acid groups (broad SMARTS) is 1. The lowest BCUT2D eigenvalue weighted by molar-refractivity contribution is -0.171. The molecule has 0 bridgehead atoms. The molecule has 0 aliphatic carbocycles. The molecule has 0 aromatic rings. The zero-order chi connectivity index (χ0) is 14.8. The first kappa shape index (κ1) is 15.3. The first-order chi connectivity index (χ1) is 8.62. The second-order valence-corrected chi connectivity index (χ2v) is 4.30. The van der Waals surface area contributed by atoms with Gasteiger partial charge in [-0.05, 0) is 19.8 Å². The van der Waals surface area contributed by atoms with Gasteiger partial charge in [0.15, 0.2) is 0 Å². The van der Waals surface area contributed by atoms with Gasteiger partial charge in [0.1, 0.15) is 18.0 Å². The van der Waals surface area contributed by atoms with E-state index in [1.54, 1.807) is 5.32 Å². The molecule has 1 aliphatic rings. The number of hydrogen-bond acceptors (Lipinski definition) is 3. The lowest BCUT2D eigenvalue weighted by Crippen LogP contribution is -2.55. The van der Waals surface area contributed by atoms with Crippen molar-refractivity contribution in [3.8, 4) is 0 Å². The van der Waals surface area contributed by atoms with E-state index in [1.807, 2.05) is 0 Å². The number of rotatable bonds is 3. The van der Waals surface area contributed by atoms with Gasteiger partial charge in [-0.15, -0.1) is 0 Å². The topological polar surface area (TPSA) is 95.5 Å². The van der Waals surface area contributed by atoms with Gasteiger partial charge in [-0.1, -0.05) is 0 Å². The van der Waals surface area contributed by atoms with Gasteiger partial charge in [0.05, 0.1) is 0 Å². The van der Waals surface area contributed by atoms with Crippen LogP contribution in [-0.2, 0) is 14.4 Å². The molecule has 19 heavy (non-hydrogen) atoms. The van der Waals surface area contributed by atoms with Crippen LogP contribution in [0.25, 0.3) is 0 Å². The Labute approximate surface area is 106 Å². The van der Waals surface area contributed by atoms with Gasteiger partial charge < -0.3 is 15.7 Å². The predicted molar refractivity (Wildman–Crippen MR) is 56.0 cm³/mol. The zero-order valence-corrected chi connectivity index (χ0v) is 9.95. The molecule has 108 valence electrons. The number of halogens is 3. The van der Waals surface area contributed by atoms with Crippen LogP contribution in [0.2, 0.25) is 0 Å². The maximum Gasteiger partial charge on any atom is 0.408 e. The zero-order valence-electron chi connectivity index (χ0n) is 9.95. The van der Waals surface area contributed by atoms with Crippen molar-refractivity contribution in [1.82, 2.24) is 10.6 Å². The molecule has 1 rings (SSSR count). The third kappa shape index (κ3) is 3.83. The van der Waals surface area contributed by atoms with Crippen molar-refractivity contribution in [2.75, 3.05) is 0 Å². The lowest BCUT2D eigenvalue weighted by atomic mass is 9.92. The highest BCUT2D eigenvalue weighted by Crippen LogP contribution is 2.28. The van der Waals surface area contributed by atoms with Crippen LogP contribution in [-0.4, -0.2) is 41.2 Å². The van der Waals surface area contributed by atoms with Crippen molar-refractivity contribution in [3.63, 3.8) is 0 Å². The van der Waals surface area contributed by atoms with Crippen LogP contribution in [0.1, 0.15) is 19.8 Å². The van der Waals surface area contributed by atoms with Gasteiger partial charge in [0, 0.05) is 0 Å². The molecule has 0 aromatic heterocycles. The van der Waals surface area contributed by atoms with Crippen molar-refractivity contribution < 1.29 is 32.7 Å². The highest BCUT2D eigenvalue weighted by molar-refractivity contribution is 6.01. The Balaban J connectivity index is 2.61. The summed E-state index contributed by atoms with van der Waals surface area (Å²) in [7, 11) is 0. The number of carbonyl (C=O) groups excluding carboxylic acids is 2. The highest BCUT2D eigenvalue weighted by atomic mass is 19.4. The molecule has 9 heteroatoms. The van der Waals surface area contributed by atoms with Crippen molar-refractivity contribution in [2.24, 2.45) is 5.92 Å². The molecule has 0 unspecified atom stereocenters. The second kappa shape index (κ2) is 5.45. The standard InChI is InChI=1S/C10H13F3N2O4/c1-4(9(18)19)14-7(16)5-2-3-6(10(11,12)13)15-8(5)17/h4-6H,2-3H2,1H3,(H,14,16)(H,15,17)(H,18,19)/t4-,5-,6+/m0/s1. The summed E-state index contributed by atoms with van der Waals surface area (Å²) < 4.78 is 37.1. The number of nitrogens with one attached hydrogen (secondary N) is 2. The number of hydrogen-bond donors (Lipinski definition) is 3. The minimum atomic E-state index is -4.55. The van der Waals surface area contributed by atoms with Crippen LogP contribution in [0.4, 0.5) is 13.2 Å². The molecular formula is C10H13F3N2O4. The Hall–Kier alpha value is -1.80. The number of aliphatic carboxylic acids is 1. The number of alkyl halides is 3. The highest BCUT2D eigenvalue weighted by Gasteiger charge is 2.46. The molecule has 3 atom stereocenters. The van der Waals surface area contributed by atoms with Gasteiger partial charge >= 0.3 is 12.1 Å². The minimum absolute atomic E-state index is 0.270. The Morgan fingerprint density at radius 1 is 1.42 bits per heavy atom. The largest absolute Gasteiger partial charge is 0.480 e. The van der Waals surface area contributed by atoms with E-state index in [0.717, 1.165) is 0 Å². The molecule has 0 radical (unpaired) electrons. The van der Waals surface area contributed by atoms with Crippen molar-refractivity contribution in [3.05, 3.63) is 0 Å². The van der Waals surface area contributed by atoms with Crippen molar-refractivity contribution in [1.29, 1.82) is 0 Å². The van der Waals surface area contributed by atoms with Gasteiger partial charge in [-0.2, -0.15) is 13.2 Å². The molecule has 1 aliphatic heterocycles. The average molecular weight is 282 g/mol. The van der Waals surface area contributed by atoms with Crippen molar-refractivity contribution in [2.45, 2.75) is 38.0 Å². The number of piperidine rings is 1. The van der Waals surface area contributed by atoms with E-state index in [-0.39, 0.29) is 6.42 Å².